The fourth-order valence-electron chi connectivity index (χ4n) is 2.33. The van der Waals surface area contributed by atoms with E-state index in [1.807, 2.05) is 0 Å². The van der Waals surface area contributed by atoms with Gasteiger partial charge in [0.1, 0.15) is 17.3 Å². The topological polar surface area (TPSA) is 72.9 Å². The van der Waals surface area contributed by atoms with Gasteiger partial charge in [-0.1, -0.05) is 6.07 Å². The Morgan fingerprint density at radius 3 is 2.41 bits per heavy atom. The molecule has 2 aromatic heterocycles. The number of nitrogens with two attached hydrogens (primary N) is 1. The predicted octanol–water partition coefficient (Wildman–Crippen LogP) is 4.28. The van der Waals surface area contributed by atoms with Gasteiger partial charge in [0.25, 0.3) is 5.91 Å². The maximum absolute atomic E-state index is 13.6. The minimum absolute atomic E-state index is 0.0279. The fourth-order valence-corrected chi connectivity index (χ4v) is 3.35. The van der Waals surface area contributed by atoms with E-state index in [9.17, 15) is 26.7 Å². The molecule has 142 valence electrons. The molecule has 0 spiro atoms. The van der Waals surface area contributed by atoms with Gasteiger partial charge < -0.3 is 11.1 Å². The summed E-state index contributed by atoms with van der Waals surface area (Å²) in [6, 6.07) is 5.11. The fraction of sp³-hybridized carbons (Fsp3) is 0.125. The number of carbonyl (C=O) groups excluding carboxylic acids is 1. The molecule has 27 heavy (non-hydrogen) atoms. The molecule has 3 aromatic rings. The number of thiophene rings is 1. The third kappa shape index (κ3) is 3.63. The SMILES string of the molecule is Cn1nc(C(F)(F)F)cc1-c1sc(C(=O)Nc2c(F)cccc2F)cc1N. The number of alkyl halides is 3. The molecule has 0 atom stereocenters. The van der Waals surface area contributed by atoms with E-state index in [1.54, 1.807) is 0 Å². The monoisotopic (exact) mass is 402 g/mol. The maximum atomic E-state index is 13.6. The summed E-state index contributed by atoms with van der Waals surface area (Å²) in [6.07, 6.45) is -4.63. The maximum Gasteiger partial charge on any atom is 0.435 e. The van der Waals surface area contributed by atoms with Gasteiger partial charge >= 0.3 is 6.18 Å². The van der Waals surface area contributed by atoms with E-state index in [2.05, 4.69) is 10.4 Å². The summed E-state index contributed by atoms with van der Waals surface area (Å²) in [5, 5.41) is 5.48. The van der Waals surface area contributed by atoms with Gasteiger partial charge in [-0.25, -0.2) is 8.78 Å². The second-order valence-corrected chi connectivity index (χ2v) is 6.53. The normalized spacial score (nSPS) is 11.6. The van der Waals surface area contributed by atoms with Gasteiger partial charge in [-0.15, -0.1) is 11.3 Å². The summed E-state index contributed by atoms with van der Waals surface area (Å²) < 4.78 is 66.7. The van der Waals surface area contributed by atoms with Gasteiger partial charge in [-0.3, -0.25) is 9.48 Å². The minimum atomic E-state index is -4.63. The van der Waals surface area contributed by atoms with Crippen molar-refractivity contribution in [1.29, 1.82) is 0 Å². The van der Waals surface area contributed by atoms with Crippen LogP contribution in [-0.4, -0.2) is 15.7 Å². The number of halogens is 5. The largest absolute Gasteiger partial charge is 0.435 e. The van der Waals surface area contributed by atoms with Crippen LogP contribution < -0.4 is 11.1 Å². The summed E-state index contributed by atoms with van der Waals surface area (Å²) in [7, 11) is 1.30. The molecule has 0 bridgehead atoms. The molecule has 11 heteroatoms. The van der Waals surface area contributed by atoms with Crippen molar-refractivity contribution in [2.45, 2.75) is 6.18 Å². The second-order valence-electron chi connectivity index (χ2n) is 5.48. The van der Waals surface area contributed by atoms with E-state index in [0.717, 1.165) is 40.3 Å². The van der Waals surface area contributed by atoms with Gasteiger partial charge in [0, 0.05) is 7.05 Å². The number of carbonyl (C=O) groups is 1. The lowest BCUT2D eigenvalue weighted by Gasteiger charge is -2.05. The molecule has 0 saturated carbocycles. The number of aromatic nitrogens is 2. The van der Waals surface area contributed by atoms with Crippen molar-refractivity contribution in [2.75, 3.05) is 11.1 Å². The summed E-state index contributed by atoms with van der Waals surface area (Å²) >= 11 is 0.780. The minimum Gasteiger partial charge on any atom is -0.397 e. The first kappa shape index (κ1) is 18.8. The summed E-state index contributed by atoms with van der Waals surface area (Å²) in [6.45, 7) is 0. The molecule has 2 heterocycles. The molecule has 0 saturated heterocycles. The van der Waals surface area contributed by atoms with Crippen LogP contribution in [0.3, 0.4) is 0 Å². The number of nitrogens with one attached hydrogen (secondary N) is 1. The zero-order chi connectivity index (χ0) is 19.9. The molecule has 5 nitrogen and oxygen atoms in total. The zero-order valence-electron chi connectivity index (χ0n) is 13.6. The van der Waals surface area contributed by atoms with Gasteiger partial charge in [0.15, 0.2) is 5.69 Å². The molecule has 0 aliphatic heterocycles. The highest BCUT2D eigenvalue weighted by molar-refractivity contribution is 7.18. The van der Waals surface area contributed by atoms with E-state index in [4.69, 9.17) is 5.73 Å². The zero-order valence-corrected chi connectivity index (χ0v) is 14.4. The number of para-hydroxylation sites is 1. The van der Waals surface area contributed by atoms with Crippen LogP contribution in [0.4, 0.5) is 33.3 Å². The highest BCUT2D eigenvalue weighted by Gasteiger charge is 2.35. The molecule has 1 aromatic carbocycles. The number of anilines is 2. The highest BCUT2D eigenvalue weighted by Crippen LogP contribution is 2.38. The van der Waals surface area contributed by atoms with Gasteiger partial charge in [-0.2, -0.15) is 18.3 Å². The standard InChI is InChI=1S/C16H11F5N4OS/c1-25-10(6-12(24-25)16(19,20)21)14-9(22)5-11(27-14)15(26)23-13-7(17)3-2-4-8(13)18/h2-6H,22H2,1H3,(H,23,26). The van der Waals surface area contributed by atoms with Crippen LogP contribution in [0.5, 0.6) is 0 Å². The average molecular weight is 402 g/mol. The first-order valence-electron chi connectivity index (χ1n) is 7.34. The third-order valence-electron chi connectivity index (χ3n) is 3.59. The Kier molecular flexibility index (Phi) is 4.64. The number of aryl methyl sites for hydroxylation is 1. The van der Waals surface area contributed by atoms with Crippen molar-refractivity contribution in [3.63, 3.8) is 0 Å². The van der Waals surface area contributed by atoms with Gasteiger partial charge in [0.2, 0.25) is 0 Å². The van der Waals surface area contributed by atoms with Crippen molar-refractivity contribution in [1.82, 2.24) is 9.78 Å². The third-order valence-corrected chi connectivity index (χ3v) is 4.76. The van der Waals surface area contributed by atoms with Crippen molar-refractivity contribution in [3.8, 4) is 10.6 Å². The number of hydrogen-bond donors (Lipinski definition) is 2. The summed E-state index contributed by atoms with van der Waals surface area (Å²) in [5.41, 5.74) is 4.17. The number of amides is 1. The van der Waals surface area contributed by atoms with Crippen molar-refractivity contribution >= 4 is 28.6 Å². The molecular weight excluding hydrogens is 391 g/mol. The van der Waals surface area contributed by atoms with E-state index in [1.165, 1.54) is 13.1 Å². The van der Waals surface area contributed by atoms with E-state index in [-0.39, 0.29) is 21.1 Å². The number of benzene rings is 1. The summed E-state index contributed by atoms with van der Waals surface area (Å²) in [5.74, 6) is -2.77. The molecule has 3 rings (SSSR count). The molecule has 0 unspecified atom stereocenters. The summed E-state index contributed by atoms with van der Waals surface area (Å²) in [4.78, 5) is 12.4. The smallest absolute Gasteiger partial charge is 0.397 e. The molecular formula is C16H11F5N4OS. The Morgan fingerprint density at radius 2 is 1.85 bits per heavy atom. The Balaban J connectivity index is 1.93. The Hall–Kier alpha value is -2.95. The van der Waals surface area contributed by atoms with Crippen LogP contribution in [0.15, 0.2) is 30.3 Å². The predicted molar refractivity (Wildman–Crippen MR) is 90.2 cm³/mol. The van der Waals surface area contributed by atoms with E-state index >= 15 is 0 Å². The molecule has 1 amide bonds. The van der Waals surface area contributed by atoms with Crippen LogP contribution in [0.1, 0.15) is 15.4 Å². The quantitative estimate of drug-likeness (QED) is 0.643. The molecule has 0 aliphatic carbocycles. The first-order valence-corrected chi connectivity index (χ1v) is 8.16. The van der Waals surface area contributed by atoms with E-state index < -0.39 is 35.1 Å². The Labute approximate surface area is 153 Å². The second kappa shape index (κ2) is 6.65. The van der Waals surface area contributed by atoms with Crippen LogP contribution in [0.2, 0.25) is 0 Å². The number of nitrogen functional groups attached to an aromatic ring is 1. The molecule has 0 radical (unpaired) electrons. The first-order chi connectivity index (χ1) is 12.6. The lowest BCUT2D eigenvalue weighted by Crippen LogP contribution is -2.12. The van der Waals surface area contributed by atoms with Gasteiger partial charge in [-0.05, 0) is 24.3 Å². The highest BCUT2D eigenvalue weighted by atomic mass is 32.1. The van der Waals surface area contributed by atoms with Crippen LogP contribution in [0, 0.1) is 11.6 Å². The van der Waals surface area contributed by atoms with Crippen molar-refractivity contribution in [2.24, 2.45) is 7.05 Å². The number of nitrogens with zero attached hydrogens (tertiary/aromatic N) is 2. The molecule has 0 aliphatic rings. The van der Waals surface area contributed by atoms with Crippen molar-refractivity contribution < 1.29 is 26.7 Å². The Bertz CT molecular complexity index is 1000. The molecule has 0 fully saturated rings. The number of hydrogen-bond acceptors (Lipinski definition) is 4. The van der Waals surface area contributed by atoms with Gasteiger partial charge in [0.05, 0.1) is 21.1 Å². The van der Waals surface area contributed by atoms with Crippen LogP contribution in [-0.2, 0) is 13.2 Å². The Morgan fingerprint density at radius 1 is 1.22 bits per heavy atom. The lowest BCUT2D eigenvalue weighted by atomic mass is 10.2. The lowest BCUT2D eigenvalue weighted by molar-refractivity contribution is -0.141. The average Bonchev–Trinajstić information content (AvgIpc) is 3.13. The van der Waals surface area contributed by atoms with Crippen LogP contribution >= 0.6 is 11.3 Å². The molecule has 3 N–H and O–H groups in total. The van der Waals surface area contributed by atoms with Crippen LogP contribution in [0.25, 0.3) is 10.6 Å². The number of rotatable bonds is 3. The van der Waals surface area contributed by atoms with E-state index in [0.29, 0.717) is 0 Å². The van der Waals surface area contributed by atoms with Crippen molar-refractivity contribution in [3.05, 3.63) is 52.5 Å².